The molecule has 0 spiro atoms. The summed E-state index contributed by atoms with van der Waals surface area (Å²) in [6.07, 6.45) is 0.911. The molecular formula is C16H26N2O4S. The first-order chi connectivity index (χ1) is 10.7. The predicted octanol–water partition coefficient (Wildman–Crippen LogP) is 1.46. The molecule has 1 aromatic carbocycles. The van der Waals surface area contributed by atoms with Crippen LogP contribution >= 0.6 is 0 Å². The summed E-state index contributed by atoms with van der Waals surface area (Å²) in [6.45, 7) is 5.90. The average molecular weight is 342 g/mol. The Kier molecular flexibility index (Phi) is 7.67. The van der Waals surface area contributed by atoms with Crippen molar-refractivity contribution >= 4 is 15.9 Å². The summed E-state index contributed by atoms with van der Waals surface area (Å²) >= 11 is 0. The molecule has 1 rings (SSSR count). The third-order valence-electron chi connectivity index (χ3n) is 3.09. The second-order valence-electron chi connectivity index (χ2n) is 5.84. The highest BCUT2D eigenvalue weighted by Gasteiger charge is 2.15. The zero-order valence-corrected chi connectivity index (χ0v) is 14.9. The van der Waals surface area contributed by atoms with Crippen molar-refractivity contribution in [2.45, 2.75) is 50.6 Å². The first-order valence-electron chi connectivity index (χ1n) is 7.64. The Bertz CT molecular complexity index is 597. The highest BCUT2D eigenvalue weighted by Crippen LogP contribution is 2.12. The molecule has 0 bridgehead atoms. The third-order valence-corrected chi connectivity index (χ3v) is 4.76. The number of methoxy groups -OCH3 is 1. The number of hydrogen-bond donors (Lipinski definition) is 2. The van der Waals surface area contributed by atoms with Crippen LogP contribution in [0.2, 0.25) is 0 Å². The predicted molar refractivity (Wildman–Crippen MR) is 89.7 cm³/mol. The molecule has 0 aromatic heterocycles. The third kappa shape index (κ3) is 7.11. The molecular weight excluding hydrogens is 316 g/mol. The topological polar surface area (TPSA) is 84.5 Å². The SMILES string of the molecule is COC[C@@H](C)NC(=O)CCc1ccc(S(=O)(=O)NC(C)C)cc1. The van der Waals surface area contributed by atoms with E-state index in [1.807, 2.05) is 6.92 Å². The minimum absolute atomic E-state index is 0.0258. The summed E-state index contributed by atoms with van der Waals surface area (Å²) in [5.41, 5.74) is 0.919. The van der Waals surface area contributed by atoms with Gasteiger partial charge >= 0.3 is 0 Å². The number of rotatable bonds is 9. The van der Waals surface area contributed by atoms with Crippen LogP contribution in [0.3, 0.4) is 0 Å². The quantitative estimate of drug-likeness (QED) is 0.711. The molecule has 1 aromatic rings. The summed E-state index contributed by atoms with van der Waals surface area (Å²) < 4.78 is 31.5. The molecule has 7 heteroatoms. The Morgan fingerprint density at radius 1 is 1.17 bits per heavy atom. The van der Waals surface area contributed by atoms with Crippen molar-refractivity contribution in [2.75, 3.05) is 13.7 Å². The molecule has 130 valence electrons. The van der Waals surface area contributed by atoms with E-state index in [-0.39, 0.29) is 22.9 Å². The lowest BCUT2D eigenvalue weighted by Gasteiger charge is -2.13. The van der Waals surface area contributed by atoms with Crippen LogP contribution in [0.1, 0.15) is 32.8 Å². The van der Waals surface area contributed by atoms with Crippen molar-refractivity contribution in [1.82, 2.24) is 10.0 Å². The molecule has 0 radical (unpaired) electrons. The van der Waals surface area contributed by atoms with Gasteiger partial charge in [-0.25, -0.2) is 13.1 Å². The Morgan fingerprint density at radius 3 is 2.30 bits per heavy atom. The van der Waals surface area contributed by atoms with Crippen LogP contribution in [0.15, 0.2) is 29.2 Å². The largest absolute Gasteiger partial charge is 0.383 e. The van der Waals surface area contributed by atoms with E-state index in [1.54, 1.807) is 45.2 Å². The van der Waals surface area contributed by atoms with E-state index in [4.69, 9.17) is 4.74 Å². The maximum Gasteiger partial charge on any atom is 0.240 e. The normalized spacial score (nSPS) is 13.1. The zero-order valence-electron chi connectivity index (χ0n) is 14.1. The number of benzene rings is 1. The Morgan fingerprint density at radius 2 is 1.78 bits per heavy atom. The molecule has 1 amide bonds. The Balaban J connectivity index is 2.56. The first kappa shape index (κ1) is 19.6. The highest BCUT2D eigenvalue weighted by atomic mass is 32.2. The van der Waals surface area contributed by atoms with E-state index < -0.39 is 10.0 Å². The fourth-order valence-corrected chi connectivity index (χ4v) is 3.36. The molecule has 0 unspecified atom stereocenters. The van der Waals surface area contributed by atoms with Crippen molar-refractivity contribution in [3.05, 3.63) is 29.8 Å². The van der Waals surface area contributed by atoms with Crippen LogP contribution in [0, 0.1) is 0 Å². The average Bonchev–Trinajstić information content (AvgIpc) is 2.44. The van der Waals surface area contributed by atoms with Crippen LogP contribution in [0.25, 0.3) is 0 Å². The van der Waals surface area contributed by atoms with Gasteiger partial charge in [0.25, 0.3) is 0 Å². The Labute approximate surface area is 138 Å². The monoisotopic (exact) mass is 342 g/mol. The number of aryl methyl sites for hydroxylation is 1. The lowest BCUT2D eigenvalue weighted by Crippen LogP contribution is -2.35. The summed E-state index contributed by atoms with van der Waals surface area (Å²) in [7, 11) is -1.88. The molecule has 0 aliphatic rings. The first-order valence-corrected chi connectivity index (χ1v) is 9.12. The van der Waals surface area contributed by atoms with Crippen molar-refractivity contribution in [1.29, 1.82) is 0 Å². The van der Waals surface area contributed by atoms with Gasteiger partial charge in [-0.15, -0.1) is 0 Å². The number of ether oxygens (including phenoxy) is 1. The zero-order chi connectivity index (χ0) is 17.5. The van der Waals surface area contributed by atoms with E-state index >= 15 is 0 Å². The van der Waals surface area contributed by atoms with Gasteiger partial charge in [0.1, 0.15) is 0 Å². The summed E-state index contributed by atoms with van der Waals surface area (Å²) in [6, 6.07) is 6.41. The molecule has 0 saturated carbocycles. The number of sulfonamides is 1. The molecule has 0 aliphatic heterocycles. The van der Waals surface area contributed by atoms with Gasteiger partial charge in [0.15, 0.2) is 0 Å². The minimum Gasteiger partial charge on any atom is -0.383 e. The maximum absolute atomic E-state index is 12.0. The standard InChI is InChI=1S/C16H26N2O4S/c1-12(2)18-23(20,21)15-8-5-14(6-9-15)7-10-16(19)17-13(3)11-22-4/h5-6,8-9,12-13,18H,7,10-11H2,1-4H3,(H,17,19)/t13-/m1/s1. The summed E-state index contributed by atoms with van der Waals surface area (Å²) in [5, 5.41) is 2.84. The van der Waals surface area contributed by atoms with E-state index in [0.717, 1.165) is 5.56 Å². The second kappa shape index (κ2) is 9.00. The molecule has 0 saturated heterocycles. The smallest absolute Gasteiger partial charge is 0.240 e. The van der Waals surface area contributed by atoms with Gasteiger partial charge in [0.05, 0.1) is 11.5 Å². The number of carbonyl (C=O) groups excluding carboxylic acids is 1. The Hall–Kier alpha value is -1.44. The highest BCUT2D eigenvalue weighted by molar-refractivity contribution is 7.89. The number of amides is 1. The van der Waals surface area contributed by atoms with Crippen LogP contribution < -0.4 is 10.0 Å². The second-order valence-corrected chi connectivity index (χ2v) is 7.56. The fraction of sp³-hybridized carbons (Fsp3) is 0.562. The summed E-state index contributed by atoms with van der Waals surface area (Å²) in [5.74, 6) is -0.0484. The van der Waals surface area contributed by atoms with Crippen molar-refractivity contribution < 1.29 is 17.9 Å². The van der Waals surface area contributed by atoms with E-state index in [9.17, 15) is 13.2 Å². The fourth-order valence-electron chi connectivity index (χ4n) is 2.11. The van der Waals surface area contributed by atoms with Crippen LogP contribution in [0.4, 0.5) is 0 Å². The maximum atomic E-state index is 12.0. The molecule has 0 fully saturated rings. The van der Waals surface area contributed by atoms with Gasteiger partial charge < -0.3 is 10.1 Å². The lowest BCUT2D eigenvalue weighted by atomic mass is 10.1. The van der Waals surface area contributed by atoms with Gasteiger partial charge in [-0.2, -0.15) is 0 Å². The molecule has 6 nitrogen and oxygen atoms in total. The van der Waals surface area contributed by atoms with Gasteiger partial charge in [-0.1, -0.05) is 12.1 Å². The number of nitrogens with one attached hydrogen (secondary N) is 2. The van der Waals surface area contributed by atoms with Gasteiger partial charge in [0, 0.05) is 25.6 Å². The molecule has 0 heterocycles. The minimum atomic E-state index is -3.47. The molecule has 23 heavy (non-hydrogen) atoms. The van der Waals surface area contributed by atoms with E-state index in [1.165, 1.54) is 0 Å². The molecule has 2 N–H and O–H groups in total. The van der Waals surface area contributed by atoms with Crippen molar-refractivity contribution in [2.24, 2.45) is 0 Å². The van der Waals surface area contributed by atoms with Gasteiger partial charge in [0.2, 0.25) is 15.9 Å². The molecule has 0 aliphatic carbocycles. The van der Waals surface area contributed by atoms with Gasteiger partial charge in [-0.3, -0.25) is 4.79 Å². The number of hydrogen-bond acceptors (Lipinski definition) is 4. The summed E-state index contributed by atoms with van der Waals surface area (Å²) in [4.78, 5) is 12.0. The van der Waals surface area contributed by atoms with Crippen LogP contribution in [-0.2, 0) is 26.0 Å². The van der Waals surface area contributed by atoms with Crippen molar-refractivity contribution in [3.8, 4) is 0 Å². The van der Waals surface area contributed by atoms with Crippen LogP contribution in [0.5, 0.6) is 0 Å². The number of carbonyl (C=O) groups is 1. The van der Waals surface area contributed by atoms with Crippen molar-refractivity contribution in [3.63, 3.8) is 0 Å². The molecule has 1 atom stereocenters. The van der Waals surface area contributed by atoms with E-state index in [2.05, 4.69) is 10.0 Å². The van der Waals surface area contributed by atoms with E-state index in [0.29, 0.717) is 19.4 Å². The van der Waals surface area contributed by atoms with Gasteiger partial charge in [-0.05, 0) is 44.9 Å². The van der Waals surface area contributed by atoms with Crippen LogP contribution in [-0.4, -0.2) is 40.1 Å². The lowest BCUT2D eigenvalue weighted by molar-refractivity contribution is -0.122.